The van der Waals surface area contributed by atoms with Crippen LogP contribution in [0.15, 0.2) is 41.8 Å². The first-order valence-corrected chi connectivity index (χ1v) is 10.5. The van der Waals surface area contributed by atoms with Crippen molar-refractivity contribution in [2.24, 2.45) is 5.92 Å². The maximum absolute atomic E-state index is 12.3. The van der Waals surface area contributed by atoms with E-state index in [4.69, 9.17) is 5.11 Å². The first kappa shape index (κ1) is 20.4. The van der Waals surface area contributed by atoms with E-state index in [2.05, 4.69) is 17.6 Å². The summed E-state index contributed by atoms with van der Waals surface area (Å²) in [4.78, 5) is 25.5. The molecule has 7 heteroatoms. The van der Waals surface area contributed by atoms with E-state index in [0.717, 1.165) is 30.5 Å². The molecule has 3 N–H and O–H groups in total. The summed E-state index contributed by atoms with van der Waals surface area (Å²) in [5, 5.41) is 17.5. The van der Waals surface area contributed by atoms with Gasteiger partial charge in [0, 0.05) is 31.4 Å². The summed E-state index contributed by atoms with van der Waals surface area (Å²) in [7, 11) is 0. The van der Waals surface area contributed by atoms with Gasteiger partial charge < -0.3 is 20.6 Å². The zero-order valence-corrected chi connectivity index (χ0v) is 16.9. The van der Waals surface area contributed by atoms with Gasteiger partial charge in [0.1, 0.15) is 0 Å². The molecule has 2 heterocycles. The van der Waals surface area contributed by atoms with Crippen LogP contribution in [-0.2, 0) is 6.54 Å². The summed E-state index contributed by atoms with van der Waals surface area (Å²) in [6.07, 6.45) is 2.06. The third-order valence-electron chi connectivity index (χ3n) is 5.22. The van der Waals surface area contributed by atoms with Crippen molar-refractivity contribution in [3.63, 3.8) is 0 Å². The van der Waals surface area contributed by atoms with Crippen molar-refractivity contribution in [3.05, 3.63) is 52.2 Å². The average molecular weight is 402 g/mol. The lowest BCUT2D eigenvalue weighted by Gasteiger charge is -2.31. The lowest BCUT2D eigenvalue weighted by Crippen LogP contribution is -2.39. The Balaban J connectivity index is 1.49. The third-order valence-corrected chi connectivity index (χ3v) is 6.09. The van der Waals surface area contributed by atoms with Gasteiger partial charge in [-0.3, -0.25) is 4.79 Å². The summed E-state index contributed by atoms with van der Waals surface area (Å²) in [6, 6.07) is 11.9. The summed E-state index contributed by atoms with van der Waals surface area (Å²) in [5.41, 5.74) is 1.88. The lowest BCUT2D eigenvalue weighted by molar-refractivity contribution is 0.103. The Kier molecular flexibility index (Phi) is 7.06. The fourth-order valence-electron chi connectivity index (χ4n) is 3.62. The number of thiophene rings is 1. The molecule has 28 heavy (non-hydrogen) atoms. The van der Waals surface area contributed by atoms with Gasteiger partial charge in [-0.25, -0.2) is 4.79 Å². The highest BCUT2D eigenvalue weighted by molar-refractivity contribution is 7.12. The summed E-state index contributed by atoms with van der Waals surface area (Å²) in [5.74, 6) is 0.465. The van der Waals surface area contributed by atoms with Gasteiger partial charge in [0.05, 0.1) is 4.88 Å². The third kappa shape index (κ3) is 5.56. The molecule has 1 aliphatic heterocycles. The number of para-hydroxylation sites is 1. The van der Waals surface area contributed by atoms with Gasteiger partial charge in [-0.05, 0) is 55.2 Å². The van der Waals surface area contributed by atoms with E-state index in [1.165, 1.54) is 16.2 Å². The number of benzene rings is 1. The molecule has 1 saturated heterocycles. The van der Waals surface area contributed by atoms with E-state index < -0.39 is 6.09 Å². The molecule has 150 valence electrons. The van der Waals surface area contributed by atoms with Gasteiger partial charge in [-0.2, -0.15) is 0 Å². The zero-order valence-electron chi connectivity index (χ0n) is 16.1. The minimum atomic E-state index is -0.814. The van der Waals surface area contributed by atoms with Crippen LogP contribution in [0.25, 0.3) is 0 Å². The van der Waals surface area contributed by atoms with Crippen molar-refractivity contribution in [3.8, 4) is 0 Å². The highest BCUT2D eigenvalue weighted by Gasteiger charge is 2.23. The van der Waals surface area contributed by atoms with E-state index in [9.17, 15) is 9.59 Å². The van der Waals surface area contributed by atoms with E-state index in [1.54, 1.807) is 0 Å². The molecule has 0 radical (unpaired) electrons. The van der Waals surface area contributed by atoms with Gasteiger partial charge in [0.2, 0.25) is 0 Å². The second kappa shape index (κ2) is 9.71. The molecule has 0 saturated carbocycles. The second-order valence-corrected chi connectivity index (χ2v) is 8.27. The molecule has 0 spiro atoms. The van der Waals surface area contributed by atoms with E-state index >= 15 is 0 Å². The number of piperidine rings is 1. The maximum atomic E-state index is 12.3. The molecule has 2 aromatic rings. The van der Waals surface area contributed by atoms with Crippen LogP contribution in [0.1, 0.15) is 41.4 Å². The monoisotopic (exact) mass is 401 g/mol. The van der Waals surface area contributed by atoms with Crippen molar-refractivity contribution in [2.75, 3.05) is 18.4 Å². The van der Waals surface area contributed by atoms with Crippen LogP contribution in [0.4, 0.5) is 10.5 Å². The Hall–Kier alpha value is -2.38. The van der Waals surface area contributed by atoms with Crippen LogP contribution in [-0.4, -0.2) is 41.1 Å². The molecule has 0 aliphatic carbocycles. The number of carbonyl (C=O) groups is 2. The van der Waals surface area contributed by atoms with Crippen LogP contribution in [0.2, 0.25) is 0 Å². The first-order valence-electron chi connectivity index (χ1n) is 9.67. The second-order valence-electron chi connectivity index (χ2n) is 7.32. The Morgan fingerprint density at radius 3 is 2.64 bits per heavy atom. The molecule has 1 aromatic carbocycles. The van der Waals surface area contributed by atoms with Gasteiger partial charge >= 0.3 is 6.09 Å². The van der Waals surface area contributed by atoms with Gasteiger partial charge in [-0.1, -0.05) is 24.3 Å². The molecular weight excluding hydrogens is 374 g/mol. The highest BCUT2D eigenvalue weighted by atomic mass is 32.1. The Labute approximate surface area is 169 Å². The summed E-state index contributed by atoms with van der Waals surface area (Å²) in [6.45, 7) is 4.10. The Morgan fingerprint density at radius 2 is 1.96 bits per heavy atom. The predicted octanol–water partition coefficient (Wildman–Crippen LogP) is 4.26. The molecule has 1 fully saturated rings. The average Bonchev–Trinajstić information content (AvgIpc) is 3.23. The number of nitrogens with one attached hydrogen (secondary N) is 2. The molecule has 1 atom stereocenters. The minimum Gasteiger partial charge on any atom is -0.465 e. The normalized spacial score (nSPS) is 16.0. The van der Waals surface area contributed by atoms with Crippen molar-refractivity contribution in [2.45, 2.75) is 38.8 Å². The number of anilines is 1. The zero-order chi connectivity index (χ0) is 19.9. The number of rotatable bonds is 7. The smallest absolute Gasteiger partial charge is 0.407 e. The SMILES string of the molecule is CC(CC1CCN(C(=O)O)CC1)NCc1ccccc1NC(=O)c1cccs1. The summed E-state index contributed by atoms with van der Waals surface area (Å²) < 4.78 is 0. The number of amides is 2. The number of carbonyl (C=O) groups excluding carboxylic acids is 1. The number of carboxylic acid groups (broad SMARTS) is 1. The first-order chi connectivity index (χ1) is 13.5. The largest absolute Gasteiger partial charge is 0.465 e. The van der Waals surface area contributed by atoms with Gasteiger partial charge in [0.25, 0.3) is 5.91 Å². The number of nitrogens with zero attached hydrogens (tertiary/aromatic N) is 1. The van der Waals surface area contributed by atoms with Crippen LogP contribution < -0.4 is 10.6 Å². The molecule has 2 amide bonds. The summed E-state index contributed by atoms with van der Waals surface area (Å²) >= 11 is 1.43. The standard InChI is InChI=1S/C21H27N3O3S/c1-15(13-16-8-10-24(11-9-16)21(26)27)22-14-17-5-2-3-6-18(17)23-20(25)19-7-4-12-28-19/h2-7,12,15-16,22H,8-11,13-14H2,1H3,(H,23,25)(H,26,27). The number of hydrogen-bond acceptors (Lipinski definition) is 4. The topological polar surface area (TPSA) is 81.7 Å². The number of likely N-dealkylation sites (tertiary alicyclic amines) is 1. The Bertz CT molecular complexity index is 786. The molecule has 3 rings (SSSR count). The van der Waals surface area contributed by atoms with Crippen molar-refractivity contribution >= 4 is 29.0 Å². The maximum Gasteiger partial charge on any atom is 0.407 e. The van der Waals surface area contributed by atoms with E-state index in [0.29, 0.717) is 36.5 Å². The molecule has 0 bridgehead atoms. The minimum absolute atomic E-state index is 0.0827. The van der Waals surface area contributed by atoms with Crippen LogP contribution >= 0.6 is 11.3 Å². The molecular formula is C21H27N3O3S. The molecule has 1 unspecified atom stereocenters. The van der Waals surface area contributed by atoms with Crippen LogP contribution in [0.5, 0.6) is 0 Å². The lowest BCUT2D eigenvalue weighted by atomic mass is 9.91. The van der Waals surface area contributed by atoms with Gasteiger partial charge in [-0.15, -0.1) is 11.3 Å². The van der Waals surface area contributed by atoms with E-state index in [-0.39, 0.29) is 5.91 Å². The fraction of sp³-hybridized carbons (Fsp3) is 0.429. The van der Waals surface area contributed by atoms with Gasteiger partial charge in [0.15, 0.2) is 0 Å². The van der Waals surface area contributed by atoms with Crippen molar-refractivity contribution in [1.29, 1.82) is 0 Å². The van der Waals surface area contributed by atoms with Crippen molar-refractivity contribution in [1.82, 2.24) is 10.2 Å². The van der Waals surface area contributed by atoms with Crippen LogP contribution in [0, 0.1) is 5.92 Å². The molecule has 1 aromatic heterocycles. The van der Waals surface area contributed by atoms with Crippen LogP contribution in [0.3, 0.4) is 0 Å². The molecule has 1 aliphatic rings. The quantitative estimate of drug-likeness (QED) is 0.647. The highest BCUT2D eigenvalue weighted by Crippen LogP contribution is 2.23. The van der Waals surface area contributed by atoms with Crippen molar-refractivity contribution < 1.29 is 14.7 Å². The Morgan fingerprint density at radius 1 is 1.21 bits per heavy atom. The molecule has 6 nitrogen and oxygen atoms in total. The predicted molar refractivity (Wildman–Crippen MR) is 112 cm³/mol. The fourth-order valence-corrected chi connectivity index (χ4v) is 4.23. The number of hydrogen-bond donors (Lipinski definition) is 3. The van der Waals surface area contributed by atoms with E-state index in [1.807, 2.05) is 41.8 Å².